The van der Waals surface area contributed by atoms with Gasteiger partial charge in [0.2, 0.25) is 5.91 Å². The number of ether oxygens (including phenoxy) is 2. The van der Waals surface area contributed by atoms with Gasteiger partial charge in [0.1, 0.15) is 5.75 Å². The molecule has 2 aromatic rings. The Kier molecular flexibility index (Phi) is 5.99. The quantitative estimate of drug-likeness (QED) is 0.798. The molecular weight excluding hydrogens is 358 g/mol. The number of carbonyl (C=O) groups excluding carboxylic acids is 1. The van der Waals surface area contributed by atoms with E-state index in [-0.39, 0.29) is 5.91 Å². The van der Waals surface area contributed by atoms with E-state index in [0.29, 0.717) is 37.5 Å². The van der Waals surface area contributed by atoms with E-state index in [2.05, 4.69) is 5.32 Å². The van der Waals surface area contributed by atoms with E-state index >= 15 is 0 Å². The van der Waals surface area contributed by atoms with Crippen molar-refractivity contribution in [3.8, 4) is 5.75 Å². The van der Waals surface area contributed by atoms with Gasteiger partial charge < -0.3 is 19.9 Å². The molecule has 0 aromatic heterocycles. The minimum absolute atomic E-state index is 0.0487. The largest absolute Gasteiger partial charge is 0.482 e. The van der Waals surface area contributed by atoms with E-state index in [1.54, 1.807) is 18.2 Å². The van der Waals surface area contributed by atoms with Gasteiger partial charge in [0, 0.05) is 18.9 Å². The molecule has 148 valence electrons. The molecule has 28 heavy (non-hydrogen) atoms. The molecule has 0 saturated carbocycles. The Bertz CT molecular complexity index is 871. The lowest BCUT2D eigenvalue weighted by molar-refractivity contribution is -0.139. The molecule has 0 radical (unpaired) electrons. The SMILES string of the molecule is Cc1cc(OCC(=O)O)ccc1NC(=O)C1(c2ccccc2C)CCOCC1. The number of aliphatic carboxylic acids is 1. The van der Waals surface area contributed by atoms with E-state index < -0.39 is 18.0 Å². The van der Waals surface area contributed by atoms with E-state index in [1.807, 2.05) is 38.1 Å². The van der Waals surface area contributed by atoms with Crippen molar-refractivity contribution in [3.63, 3.8) is 0 Å². The number of amides is 1. The number of anilines is 1. The number of hydrogen-bond donors (Lipinski definition) is 2. The van der Waals surface area contributed by atoms with Crippen molar-refractivity contribution in [2.45, 2.75) is 32.1 Å². The zero-order chi connectivity index (χ0) is 20.1. The van der Waals surface area contributed by atoms with Crippen LogP contribution < -0.4 is 10.1 Å². The summed E-state index contributed by atoms with van der Waals surface area (Å²) in [5, 5.41) is 11.8. The topological polar surface area (TPSA) is 84.9 Å². The van der Waals surface area contributed by atoms with Gasteiger partial charge in [-0.1, -0.05) is 24.3 Å². The maximum Gasteiger partial charge on any atom is 0.341 e. The van der Waals surface area contributed by atoms with Crippen LogP contribution >= 0.6 is 0 Å². The highest BCUT2D eigenvalue weighted by molar-refractivity contribution is 6.00. The van der Waals surface area contributed by atoms with Gasteiger partial charge in [-0.05, 0) is 61.6 Å². The van der Waals surface area contributed by atoms with E-state index in [4.69, 9.17) is 14.6 Å². The lowest BCUT2D eigenvalue weighted by Gasteiger charge is -2.37. The summed E-state index contributed by atoms with van der Waals surface area (Å²) in [6.07, 6.45) is 1.26. The predicted molar refractivity (Wildman–Crippen MR) is 106 cm³/mol. The lowest BCUT2D eigenvalue weighted by atomic mass is 9.71. The number of carboxylic acid groups (broad SMARTS) is 1. The van der Waals surface area contributed by atoms with Crippen molar-refractivity contribution < 1.29 is 24.2 Å². The Hall–Kier alpha value is -2.86. The third-order valence-corrected chi connectivity index (χ3v) is 5.25. The zero-order valence-corrected chi connectivity index (χ0v) is 16.2. The molecule has 0 bridgehead atoms. The van der Waals surface area contributed by atoms with Crippen LogP contribution in [0.5, 0.6) is 5.75 Å². The molecule has 1 amide bonds. The smallest absolute Gasteiger partial charge is 0.341 e. The lowest BCUT2D eigenvalue weighted by Crippen LogP contribution is -2.45. The second-order valence-electron chi connectivity index (χ2n) is 7.12. The molecule has 2 N–H and O–H groups in total. The first-order valence-corrected chi connectivity index (χ1v) is 9.33. The molecule has 0 aliphatic carbocycles. The third kappa shape index (κ3) is 4.17. The molecule has 2 aromatic carbocycles. The number of aryl methyl sites for hydroxylation is 2. The monoisotopic (exact) mass is 383 g/mol. The number of carboxylic acids is 1. The highest BCUT2D eigenvalue weighted by Gasteiger charge is 2.42. The standard InChI is InChI=1S/C22H25NO5/c1-15-5-3-4-6-18(15)22(9-11-27-12-10-22)21(26)23-19-8-7-17(13-16(19)2)28-14-20(24)25/h3-8,13H,9-12,14H2,1-2H3,(H,23,26)(H,24,25). The van der Waals surface area contributed by atoms with Gasteiger partial charge in [0.15, 0.2) is 6.61 Å². The fraction of sp³-hybridized carbons (Fsp3) is 0.364. The maximum atomic E-state index is 13.4. The van der Waals surface area contributed by atoms with E-state index in [1.165, 1.54) is 0 Å². The van der Waals surface area contributed by atoms with E-state index in [0.717, 1.165) is 16.7 Å². The molecule has 1 aliphatic rings. The number of hydrogen-bond acceptors (Lipinski definition) is 4. The van der Waals surface area contributed by atoms with Crippen LogP contribution in [0.4, 0.5) is 5.69 Å². The Balaban J connectivity index is 1.85. The average molecular weight is 383 g/mol. The van der Waals surface area contributed by atoms with Crippen LogP contribution in [-0.4, -0.2) is 36.8 Å². The first-order chi connectivity index (χ1) is 13.4. The molecule has 6 nitrogen and oxygen atoms in total. The Labute approximate surface area is 164 Å². The summed E-state index contributed by atoms with van der Waals surface area (Å²) in [5.41, 5.74) is 2.99. The Morgan fingerprint density at radius 2 is 1.82 bits per heavy atom. The minimum Gasteiger partial charge on any atom is -0.482 e. The van der Waals surface area contributed by atoms with Crippen LogP contribution in [-0.2, 0) is 19.7 Å². The van der Waals surface area contributed by atoms with Crippen molar-refractivity contribution in [1.82, 2.24) is 0 Å². The Morgan fingerprint density at radius 3 is 2.46 bits per heavy atom. The normalized spacial score (nSPS) is 15.6. The van der Waals surface area contributed by atoms with Gasteiger partial charge in [-0.15, -0.1) is 0 Å². The fourth-order valence-corrected chi connectivity index (χ4v) is 3.70. The van der Waals surface area contributed by atoms with Gasteiger partial charge in [-0.3, -0.25) is 4.79 Å². The predicted octanol–water partition coefficient (Wildman–Crippen LogP) is 3.45. The van der Waals surface area contributed by atoms with Gasteiger partial charge >= 0.3 is 5.97 Å². The van der Waals surface area contributed by atoms with Crippen molar-refractivity contribution in [1.29, 1.82) is 0 Å². The average Bonchev–Trinajstić information content (AvgIpc) is 2.69. The number of carbonyl (C=O) groups is 2. The van der Waals surface area contributed by atoms with Crippen molar-refractivity contribution >= 4 is 17.6 Å². The molecule has 3 rings (SSSR count). The number of nitrogens with one attached hydrogen (secondary N) is 1. The molecule has 0 atom stereocenters. The number of benzene rings is 2. The Morgan fingerprint density at radius 1 is 1.11 bits per heavy atom. The summed E-state index contributed by atoms with van der Waals surface area (Å²) >= 11 is 0. The highest BCUT2D eigenvalue weighted by Crippen LogP contribution is 2.38. The molecule has 1 fully saturated rings. The minimum atomic E-state index is -1.03. The molecule has 6 heteroatoms. The van der Waals surface area contributed by atoms with Crippen molar-refractivity contribution in [2.75, 3.05) is 25.1 Å². The van der Waals surface area contributed by atoms with Gasteiger partial charge in [0.25, 0.3) is 0 Å². The van der Waals surface area contributed by atoms with Gasteiger partial charge in [0.05, 0.1) is 5.41 Å². The summed E-state index contributed by atoms with van der Waals surface area (Å²) < 4.78 is 10.7. The summed E-state index contributed by atoms with van der Waals surface area (Å²) in [5.74, 6) is -0.625. The van der Waals surface area contributed by atoms with Crippen LogP contribution in [0, 0.1) is 13.8 Å². The molecule has 1 heterocycles. The molecular formula is C22H25NO5. The molecule has 1 saturated heterocycles. The highest BCUT2D eigenvalue weighted by atomic mass is 16.5. The molecule has 1 aliphatic heterocycles. The summed E-state index contributed by atoms with van der Waals surface area (Å²) in [7, 11) is 0. The summed E-state index contributed by atoms with van der Waals surface area (Å²) in [6.45, 7) is 4.57. The van der Waals surface area contributed by atoms with Crippen molar-refractivity contribution in [3.05, 3.63) is 59.2 Å². The third-order valence-electron chi connectivity index (χ3n) is 5.25. The summed E-state index contributed by atoms with van der Waals surface area (Å²) in [6, 6.07) is 13.1. The second kappa shape index (κ2) is 8.44. The zero-order valence-electron chi connectivity index (χ0n) is 16.2. The van der Waals surface area contributed by atoms with Gasteiger partial charge in [-0.2, -0.15) is 0 Å². The fourth-order valence-electron chi connectivity index (χ4n) is 3.70. The van der Waals surface area contributed by atoms with Crippen LogP contribution in [0.25, 0.3) is 0 Å². The van der Waals surface area contributed by atoms with Crippen LogP contribution in [0.1, 0.15) is 29.5 Å². The second-order valence-corrected chi connectivity index (χ2v) is 7.12. The summed E-state index contributed by atoms with van der Waals surface area (Å²) in [4.78, 5) is 24.1. The van der Waals surface area contributed by atoms with Gasteiger partial charge in [-0.25, -0.2) is 4.79 Å². The molecule has 0 spiro atoms. The van der Waals surface area contributed by atoms with Crippen LogP contribution in [0.2, 0.25) is 0 Å². The first kappa shape index (κ1) is 19.9. The van der Waals surface area contributed by atoms with Crippen molar-refractivity contribution in [2.24, 2.45) is 0 Å². The van der Waals surface area contributed by atoms with Crippen LogP contribution in [0.3, 0.4) is 0 Å². The first-order valence-electron chi connectivity index (χ1n) is 9.33. The van der Waals surface area contributed by atoms with Crippen LogP contribution in [0.15, 0.2) is 42.5 Å². The maximum absolute atomic E-state index is 13.4. The number of rotatable bonds is 6. The molecule has 0 unspecified atom stereocenters. The van der Waals surface area contributed by atoms with E-state index in [9.17, 15) is 9.59 Å².